The van der Waals surface area contributed by atoms with E-state index in [0.29, 0.717) is 37.2 Å². The molecule has 6 nitrogen and oxygen atoms in total. The summed E-state index contributed by atoms with van der Waals surface area (Å²) in [7, 11) is 0. The smallest absolute Gasteiger partial charge is 0.248 e. The van der Waals surface area contributed by atoms with E-state index >= 15 is 0 Å². The normalized spacial score (nSPS) is 29.6. The average molecular weight is 507 g/mol. The van der Waals surface area contributed by atoms with Crippen LogP contribution in [0, 0.1) is 12.3 Å². The molecule has 1 saturated carbocycles. The molecule has 5 atom stereocenters. The number of alkyl halides is 2. The van der Waals surface area contributed by atoms with E-state index in [-0.39, 0.29) is 18.3 Å². The number of rotatable bonds is 7. The zero-order valence-corrected chi connectivity index (χ0v) is 20.7. The van der Waals surface area contributed by atoms with Crippen LogP contribution in [0.5, 0.6) is 5.75 Å². The predicted octanol–water partition coefficient (Wildman–Crippen LogP) is 3.70. The Bertz CT molecular complexity index is 1020. The molecule has 2 aliphatic rings. The van der Waals surface area contributed by atoms with E-state index in [4.69, 9.17) is 9.47 Å². The van der Waals surface area contributed by atoms with Gasteiger partial charge in [0.2, 0.25) is 5.92 Å². The Morgan fingerprint density at radius 3 is 2.25 bits per heavy atom. The predicted molar refractivity (Wildman–Crippen MR) is 130 cm³/mol. The van der Waals surface area contributed by atoms with Crippen LogP contribution in [0.1, 0.15) is 61.0 Å². The van der Waals surface area contributed by atoms with Gasteiger partial charge in [0.1, 0.15) is 36.3 Å². The van der Waals surface area contributed by atoms with Gasteiger partial charge < -0.3 is 29.9 Å². The van der Waals surface area contributed by atoms with Gasteiger partial charge >= 0.3 is 0 Å². The van der Waals surface area contributed by atoms with Crippen LogP contribution in [0.3, 0.4) is 0 Å². The van der Waals surface area contributed by atoms with Crippen molar-refractivity contribution in [3.63, 3.8) is 0 Å². The third kappa shape index (κ3) is 6.06. The Morgan fingerprint density at radius 1 is 0.944 bits per heavy atom. The van der Waals surface area contributed by atoms with Crippen molar-refractivity contribution >= 4 is 0 Å². The Morgan fingerprint density at radius 2 is 1.61 bits per heavy atom. The molecule has 0 bridgehead atoms. The number of aryl methyl sites for hydroxylation is 1. The van der Waals surface area contributed by atoms with E-state index in [2.05, 4.69) is 0 Å². The number of halogens is 2. The Kier molecular flexibility index (Phi) is 8.02. The molecule has 2 aromatic rings. The third-order valence-electron chi connectivity index (χ3n) is 7.69. The lowest BCUT2D eigenvalue weighted by Gasteiger charge is -2.40. The number of hydrogen-bond acceptors (Lipinski definition) is 6. The van der Waals surface area contributed by atoms with Crippen molar-refractivity contribution in [1.29, 1.82) is 0 Å². The summed E-state index contributed by atoms with van der Waals surface area (Å²) in [5.74, 6) is -1.86. The topological polar surface area (TPSA) is 99.4 Å². The van der Waals surface area contributed by atoms with Crippen molar-refractivity contribution in [2.75, 3.05) is 13.2 Å². The summed E-state index contributed by atoms with van der Waals surface area (Å²) in [5, 5.41) is 40.1. The average Bonchev–Trinajstić information content (AvgIpc) is 2.86. The minimum Gasteiger partial charge on any atom is -0.493 e. The van der Waals surface area contributed by atoms with Crippen molar-refractivity contribution in [3.05, 3.63) is 64.7 Å². The van der Waals surface area contributed by atoms with Crippen LogP contribution in [-0.2, 0) is 11.2 Å². The summed E-state index contributed by atoms with van der Waals surface area (Å²) in [6.45, 7) is 3.92. The molecule has 0 unspecified atom stereocenters. The lowest BCUT2D eigenvalue weighted by Crippen LogP contribution is -2.55. The first-order valence-electron chi connectivity index (χ1n) is 12.5. The molecule has 0 amide bonds. The molecular formula is C28H36F2O6. The molecule has 4 rings (SSSR count). The molecule has 1 saturated heterocycles. The fraction of sp³-hybridized carbons (Fsp3) is 0.571. The second-order valence-corrected chi connectivity index (χ2v) is 10.7. The minimum absolute atomic E-state index is 0.0899. The Balaban J connectivity index is 1.41. The highest BCUT2D eigenvalue weighted by Gasteiger charge is 2.44. The van der Waals surface area contributed by atoms with Gasteiger partial charge in [-0.05, 0) is 60.6 Å². The molecule has 198 valence electrons. The van der Waals surface area contributed by atoms with Gasteiger partial charge in [0.05, 0.1) is 13.2 Å². The fourth-order valence-electron chi connectivity index (χ4n) is 4.98. The number of ether oxygens (including phenoxy) is 2. The van der Waals surface area contributed by atoms with Crippen molar-refractivity contribution < 1.29 is 38.7 Å². The molecule has 2 fully saturated rings. The molecule has 1 aliphatic heterocycles. The standard InChI is InChI=1S/C28H36F2O6/c1-17-3-6-19(26-25(34)24(33)23(32)22(15-31)36-26)14-20(17)13-18-4-7-21(8-5-18)35-16-27(2)9-11-28(29,30)12-10-27/h3-8,14,22-26,31-34H,9-13,15-16H2,1-2H3/t22-,23-,24+,25-,26+/m1/s1. The summed E-state index contributed by atoms with van der Waals surface area (Å²) in [5.41, 5.74) is 3.50. The lowest BCUT2D eigenvalue weighted by molar-refractivity contribution is -0.231. The molecule has 0 aromatic heterocycles. The molecule has 4 N–H and O–H groups in total. The zero-order valence-electron chi connectivity index (χ0n) is 20.7. The first-order chi connectivity index (χ1) is 17.0. The van der Waals surface area contributed by atoms with E-state index in [9.17, 15) is 29.2 Å². The highest BCUT2D eigenvalue weighted by Crippen LogP contribution is 2.43. The second kappa shape index (κ2) is 10.7. The largest absolute Gasteiger partial charge is 0.493 e. The van der Waals surface area contributed by atoms with Crippen molar-refractivity contribution in [2.24, 2.45) is 5.41 Å². The number of hydrogen-bond donors (Lipinski definition) is 4. The van der Waals surface area contributed by atoms with E-state index in [1.807, 2.05) is 56.3 Å². The van der Waals surface area contributed by atoms with E-state index in [0.717, 1.165) is 16.7 Å². The van der Waals surface area contributed by atoms with Crippen molar-refractivity contribution in [3.8, 4) is 5.75 Å². The number of aliphatic hydroxyl groups excluding tert-OH is 4. The van der Waals surface area contributed by atoms with Crippen LogP contribution < -0.4 is 4.74 Å². The summed E-state index contributed by atoms with van der Waals surface area (Å²) in [6.07, 6.45) is -4.66. The zero-order chi connectivity index (χ0) is 26.1. The van der Waals surface area contributed by atoms with Gasteiger partial charge in [0.15, 0.2) is 0 Å². The van der Waals surface area contributed by atoms with E-state index < -0.39 is 43.0 Å². The summed E-state index contributed by atoms with van der Waals surface area (Å²) in [4.78, 5) is 0. The third-order valence-corrected chi connectivity index (χ3v) is 7.69. The summed E-state index contributed by atoms with van der Waals surface area (Å²) in [6, 6.07) is 13.3. The maximum absolute atomic E-state index is 13.5. The van der Waals surface area contributed by atoms with Crippen molar-refractivity contribution in [2.45, 2.75) is 82.4 Å². The Hall–Kier alpha value is -2.10. The van der Waals surface area contributed by atoms with Crippen LogP contribution in [-0.4, -0.2) is 64.0 Å². The molecule has 1 heterocycles. The Labute approximate surface area is 210 Å². The maximum Gasteiger partial charge on any atom is 0.248 e. The molecule has 0 radical (unpaired) electrons. The highest BCUT2D eigenvalue weighted by atomic mass is 19.3. The first kappa shape index (κ1) is 26.9. The van der Waals surface area contributed by atoms with Crippen LogP contribution in [0.2, 0.25) is 0 Å². The molecule has 2 aromatic carbocycles. The minimum atomic E-state index is -2.56. The van der Waals surface area contributed by atoms with Crippen LogP contribution in [0.15, 0.2) is 42.5 Å². The molecule has 1 aliphatic carbocycles. The monoisotopic (exact) mass is 506 g/mol. The molecular weight excluding hydrogens is 470 g/mol. The van der Waals surface area contributed by atoms with E-state index in [1.165, 1.54) is 0 Å². The van der Waals surface area contributed by atoms with Gasteiger partial charge in [0, 0.05) is 18.3 Å². The molecule has 36 heavy (non-hydrogen) atoms. The van der Waals surface area contributed by atoms with Gasteiger partial charge in [0.25, 0.3) is 0 Å². The van der Waals surface area contributed by atoms with Crippen LogP contribution in [0.4, 0.5) is 8.78 Å². The van der Waals surface area contributed by atoms with Gasteiger partial charge in [-0.2, -0.15) is 0 Å². The lowest BCUT2D eigenvalue weighted by atomic mass is 9.75. The van der Waals surface area contributed by atoms with Crippen LogP contribution >= 0.6 is 0 Å². The van der Waals surface area contributed by atoms with E-state index in [1.54, 1.807) is 0 Å². The van der Waals surface area contributed by atoms with Gasteiger partial charge in [-0.25, -0.2) is 8.78 Å². The summed E-state index contributed by atoms with van der Waals surface area (Å²) >= 11 is 0. The number of aliphatic hydroxyl groups is 4. The molecule has 8 heteroatoms. The maximum atomic E-state index is 13.5. The SMILES string of the molecule is Cc1ccc([C@@H]2O[C@H](CO)[C@@H](O)[C@H](O)[C@H]2O)cc1Cc1ccc(OCC2(C)CCC(F)(F)CC2)cc1. The second-order valence-electron chi connectivity index (χ2n) is 10.7. The van der Waals surface area contributed by atoms with Crippen LogP contribution in [0.25, 0.3) is 0 Å². The first-order valence-corrected chi connectivity index (χ1v) is 12.5. The fourth-order valence-corrected chi connectivity index (χ4v) is 4.98. The van der Waals surface area contributed by atoms with Gasteiger partial charge in [-0.3, -0.25) is 0 Å². The van der Waals surface area contributed by atoms with Gasteiger partial charge in [-0.15, -0.1) is 0 Å². The van der Waals surface area contributed by atoms with Gasteiger partial charge in [-0.1, -0.05) is 37.3 Å². The summed E-state index contributed by atoms with van der Waals surface area (Å²) < 4.78 is 38.6. The highest BCUT2D eigenvalue weighted by molar-refractivity contribution is 5.38. The van der Waals surface area contributed by atoms with Crippen molar-refractivity contribution in [1.82, 2.24) is 0 Å². The quantitative estimate of drug-likeness (QED) is 0.457. The number of benzene rings is 2. The molecule has 0 spiro atoms.